The Morgan fingerprint density at radius 3 is 2.75 bits per heavy atom. The van der Waals surface area contributed by atoms with E-state index in [1.54, 1.807) is 31.3 Å². The predicted molar refractivity (Wildman–Crippen MR) is 64.7 cm³/mol. The predicted octanol–water partition coefficient (Wildman–Crippen LogP) is 3.60. The first-order chi connectivity index (χ1) is 7.66. The minimum atomic E-state index is 0.0453. The van der Waals surface area contributed by atoms with Crippen LogP contribution in [0.1, 0.15) is 17.3 Å². The second-order valence-electron chi connectivity index (χ2n) is 3.50. The maximum Gasteiger partial charge on any atom is 0.159 e. The fourth-order valence-corrected chi connectivity index (χ4v) is 1.62. The van der Waals surface area contributed by atoms with E-state index in [9.17, 15) is 4.79 Å². The molecule has 1 aromatic carbocycles. The number of halogens is 1. The summed E-state index contributed by atoms with van der Waals surface area (Å²) in [5.74, 6) is 0.0453. The summed E-state index contributed by atoms with van der Waals surface area (Å²) >= 11 is 5.89. The molecular weight excluding hydrogens is 222 g/mol. The molecule has 1 heterocycles. The second kappa shape index (κ2) is 4.45. The van der Waals surface area contributed by atoms with Crippen LogP contribution in [0.5, 0.6) is 0 Å². The van der Waals surface area contributed by atoms with E-state index in [-0.39, 0.29) is 5.78 Å². The summed E-state index contributed by atoms with van der Waals surface area (Å²) in [6, 6.07) is 10.9. The summed E-state index contributed by atoms with van der Waals surface area (Å²) in [4.78, 5) is 15.5. The molecule has 0 aliphatic heterocycles. The Balaban J connectivity index is 2.48. The van der Waals surface area contributed by atoms with Gasteiger partial charge in [-0.1, -0.05) is 29.8 Å². The molecule has 2 rings (SSSR count). The molecule has 0 saturated carbocycles. The second-order valence-corrected chi connectivity index (χ2v) is 3.93. The number of benzene rings is 1. The van der Waals surface area contributed by atoms with E-state index in [0.29, 0.717) is 10.6 Å². The molecule has 0 amide bonds. The fourth-order valence-electron chi connectivity index (χ4n) is 1.46. The van der Waals surface area contributed by atoms with Gasteiger partial charge in [-0.3, -0.25) is 9.78 Å². The smallest absolute Gasteiger partial charge is 0.159 e. The van der Waals surface area contributed by atoms with Crippen molar-refractivity contribution in [3.63, 3.8) is 0 Å². The van der Waals surface area contributed by atoms with Crippen LogP contribution in [0.25, 0.3) is 11.3 Å². The molecule has 0 N–H and O–H groups in total. The number of carbonyl (C=O) groups excluding carboxylic acids is 1. The number of aromatic nitrogens is 1. The summed E-state index contributed by atoms with van der Waals surface area (Å²) in [7, 11) is 0. The molecule has 0 saturated heterocycles. The van der Waals surface area contributed by atoms with E-state index >= 15 is 0 Å². The first-order valence-electron chi connectivity index (χ1n) is 4.90. The number of hydrogen-bond acceptors (Lipinski definition) is 2. The average Bonchev–Trinajstić information content (AvgIpc) is 2.29. The molecule has 1 aromatic heterocycles. The van der Waals surface area contributed by atoms with Gasteiger partial charge in [0.25, 0.3) is 0 Å². The van der Waals surface area contributed by atoms with Gasteiger partial charge in [0.2, 0.25) is 0 Å². The Bertz CT molecular complexity index is 537. The third-order valence-electron chi connectivity index (χ3n) is 2.29. The zero-order valence-electron chi connectivity index (χ0n) is 8.77. The summed E-state index contributed by atoms with van der Waals surface area (Å²) in [5, 5.41) is 0.637. The lowest BCUT2D eigenvalue weighted by atomic mass is 10.1. The molecule has 16 heavy (non-hydrogen) atoms. The molecule has 0 spiro atoms. The van der Waals surface area contributed by atoms with Crippen molar-refractivity contribution in [3.05, 3.63) is 53.2 Å². The first-order valence-corrected chi connectivity index (χ1v) is 5.27. The maximum absolute atomic E-state index is 11.2. The minimum Gasteiger partial charge on any atom is -0.295 e. The van der Waals surface area contributed by atoms with Crippen LogP contribution in [-0.4, -0.2) is 10.8 Å². The van der Waals surface area contributed by atoms with E-state index in [4.69, 9.17) is 11.6 Å². The molecule has 0 unspecified atom stereocenters. The van der Waals surface area contributed by atoms with Crippen LogP contribution in [0.15, 0.2) is 42.6 Å². The van der Waals surface area contributed by atoms with E-state index in [2.05, 4.69) is 4.98 Å². The van der Waals surface area contributed by atoms with Crippen LogP contribution >= 0.6 is 11.6 Å². The molecular formula is C13H10ClNO. The molecule has 0 aliphatic carbocycles. The standard InChI is InChI=1S/C13H10ClNO/c1-9(16)10-3-2-4-11(7-10)13-8-12(14)5-6-15-13/h2-8H,1H3. The quantitative estimate of drug-likeness (QED) is 0.739. The van der Waals surface area contributed by atoms with E-state index in [1.165, 1.54) is 0 Å². The molecule has 0 bridgehead atoms. The van der Waals surface area contributed by atoms with Crippen LogP contribution in [0.4, 0.5) is 0 Å². The number of carbonyl (C=O) groups is 1. The molecule has 3 heteroatoms. The largest absolute Gasteiger partial charge is 0.295 e. The summed E-state index contributed by atoms with van der Waals surface area (Å²) < 4.78 is 0. The summed E-state index contributed by atoms with van der Waals surface area (Å²) in [6.45, 7) is 1.55. The van der Waals surface area contributed by atoms with Crippen molar-refractivity contribution < 1.29 is 4.79 Å². The Labute approximate surface area is 98.9 Å². The van der Waals surface area contributed by atoms with Crippen LogP contribution in [0.2, 0.25) is 5.02 Å². The molecule has 0 fully saturated rings. The molecule has 0 aliphatic rings. The van der Waals surface area contributed by atoms with Gasteiger partial charge in [0, 0.05) is 22.3 Å². The van der Waals surface area contributed by atoms with Gasteiger partial charge in [-0.05, 0) is 25.1 Å². The Morgan fingerprint density at radius 2 is 2.06 bits per heavy atom. The number of Topliss-reactive ketones (excluding diaryl/α,β-unsaturated/α-hetero) is 1. The van der Waals surface area contributed by atoms with Crippen molar-refractivity contribution in [1.29, 1.82) is 0 Å². The molecule has 2 nitrogen and oxygen atoms in total. The highest BCUT2D eigenvalue weighted by atomic mass is 35.5. The van der Waals surface area contributed by atoms with Crippen molar-refractivity contribution >= 4 is 17.4 Å². The highest BCUT2D eigenvalue weighted by Gasteiger charge is 2.03. The van der Waals surface area contributed by atoms with Gasteiger partial charge in [-0.25, -0.2) is 0 Å². The number of rotatable bonds is 2. The van der Waals surface area contributed by atoms with Gasteiger partial charge in [0.15, 0.2) is 5.78 Å². The lowest BCUT2D eigenvalue weighted by Gasteiger charge is -2.02. The number of ketones is 1. The lowest BCUT2D eigenvalue weighted by Crippen LogP contribution is -1.92. The van der Waals surface area contributed by atoms with Crippen LogP contribution < -0.4 is 0 Å². The van der Waals surface area contributed by atoms with Crippen molar-refractivity contribution in [2.24, 2.45) is 0 Å². The third-order valence-corrected chi connectivity index (χ3v) is 2.52. The number of hydrogen-bond donors (Lipinski definition) is 0. The molecule has 2 aromatic rings. The molecule has 0 radical (unpaired) electrons. The van der Waals surface area contributed by atoms with Gasteiger partial charge >= 0.3 is 0 Å². The van der Waals surface area contributed by atoms with Crippen LogP contribution in [0, 0.1) is 0 Å². The normalized spacial score (nSPS) is 10.1. The Hall–Kier alpha value is -1.67. The third kappa shape index (κ3) is 2.28. The van der Waals surface area contributed by atoms with Gasteiger partial charge < -0.3 is 0 Å². The highest BCUT2D eigenvalue weighted by molar-refractivity contribution is 6.30. The maximum atomic E-state index is 11.2. The van der Waals surface area contributed by atoms with E-state index < -0.39 is 0 Å². The van der Waals surface area contributed by atoms with E-state index in [1.807, 2.05) is 18.2 Å². The van der Waals surface area contributed by atoms with Gasteiger partial charge in [0.05, 0.1) is 5.69 Å². The van der Waals surface area contributed by atoms with Gasteiger partial charge in [-0.2, -0.15) is 0 Å². The van der Waals surface area contributed by atoms with Crippen LogP contribution in [-0.2, 0) is 0 Å². The Morgan fingerprint density at radius 1 is 1.25 bits per heavy atom. The monoisotopic (exact) mass is 231 g/mol. The average molecular weight is 232 g/mol. The van der Waals surface area contributed by atoms with Crippen molar-refractivity contribution in [3.8, 4) is 11.3 Å². The zero-order valence-corrected chi connectivity index (χ0v) is 9.53. The molecule has 0 atom stereocenters. The zero-order chi connectivity index (χ0) is 11.5. The molecule has 80 valence electrons. The van der Waals surface area contributed by atoms with Crippen molar-refractivity contribution in [1.82, 2.24) is 4.98 Å². The number of nitrogens with zero attached hydrogens (tertiary/aromatic N) is 1. The Kier molecular flexibility index (Phi) is 3.02. The lowest BCUT2D eigenvalue weighted by molar-refractivity contribution is 0.101. The van der Waals surface area contributed by atoms with E-state index in [0.717, 1.165) is 11.3 Å². The highest BCUT2D eigenvalue weighted by Crippen LogP contribution is 2.21. The first kappa shape index (κ1) is 10.8. The number of pyridine rings is 1. The van der Waals surface area contributed by atoms with Gasteiger partial charge in [-0.15, -0.1) is 0 Å². The van der Waals surface area contributed by atoms with Gasteiger partial charge in [0.1, 0.15) is 0 Å². The minimum absolute atomic E-state index is 0.0453. The topological polar surface area (TPSA) is 30.0 Å². The van der Waals surface area contributed by atoms with Crippen molar-refractivity contribution in [2.75, 3.05) is 0 Å². The summed E-state index contributed by atoms with van der Waals surface area (Å²) in [6.07, 6.45) is 1.65. The fraction of sp³-hybridized carbons (Fsp3) is 0.0769. The SMILES string of the molecule is CC(=O)c1cccc(-c2cc(Cl)ccn2)c1. The van der Waals surface area contributed by atoms with Crippen molar-refractivity contribution in [2.45, 2.75) is 6.92 Å². The summed E-state index contributed by atoms with van der Waals surface area (Å²) in [5.41, 5.74) is 2.35. The van der Waals surface area contributed by atoms with Crippen LogP contribution in [0.3, 0.4) is 0 Å².